The number of halogens is 1. The first kappa shape index (κ1) is 16.2. The zero-order valence-corrected chi connectivity index (χ0v) is 13.4. The van der Waals surface area contributed by atoms with Crippen LogP contribution in [0.5, 0.6) is 5.75 Å². The van der Waals surface area contributed by atoms with E-state index in [-0.39, 0.29) is 5.91 Å². The van der Waals surface area contributed by atoms with E-state index in [1.165, 1.54) is 32.1 Å². The Morgan fingerprint density at radius 1 is 1.38 bits per heavy atom. The normalized spacial score (nSPS) is 17.2. The Morgan fingerprint density at radius 3 is 2.81 bits per heavy atom. The third-order valence-electron chi connectivity index (χ3n) is 4.03. The van der Waals surface area contributed by atoms with Gasteiger partial charge in [-0.1, -0.05) is 43.9 Å². The van der Waals surface area contributed by atoms with Crippen LogP contribution in [0.3, 0.4) is 0 Å². The number of amides is 1. The van der Waals surface area contributed by atoms with E-state index in [1.807, 2.05) is 19.1 Å². The molecule has 21 heavy (non-hydrogen) atoms. The van der Waals surface area contributed by atoms with Crippen molar-refractivity contribution in [2.24, 2.45) is 5.92 Å². The fourth-order valence-electron chi connectivity index (χ4n) is 2.78. The van der Waals surface area contributed by atoms with Gasteiger partial charge in [-0.2, -0.15) is 0 Å². The number of hydrogen-bond donors (Lipinski definition) is 1. The molecule has 0 bridgehead atoms. The molecule has 1 aliphatic carbocycles. The summed E-state index contributed by atoms with van der Waals surface area (Å²) in [5, 5.41) is 3.66. The largest absolute Gasteiger partial charge is 0.481 e. The zero-order chi connectivity index (χ0) is 15.1. The first-order chi connectivity index (χ1) is 10.2. The van der Waals surface area contributed by atoms with Crippen molar-refractivity contribution in [1.29, 1.82) is 0 Å². The number of benzene rings is 1. The molecule has 4 heteroatoms. The lowest BCUT2D eigenvalue weighted by molar-refractivity contribution is -0.128. The van der Waals surface area contributed by atoms with Crippen molar-refractivity contribution in [2.75, 3.05) is 6.54 Å². The lowest BCUT2D eigenvalue weighted by Gasteiger charge is -2.23. The summed E-state index contributed by atoms with van der Waals surface area (Å²) in [5.41, 5.74) is 0. The average Bonchev–Trinajstić information content (AvgIpc) is 2.51. The molecule has 1 saturated carbocycles. The fraction of sp³-hybridized carbons (Fsp3) is 0.588. The molecule has 1 N–H and O–H groups in total. The van der Waals surface area contributed by atoms with E-state index >= 15 is 0 Å². The van der Waals surface area contributed by atoms with E-state index in [0.29, 0.717) is 23.1 Å². The van der Waals surface area contributed by atoms with Crippen LogP contribution >= 0.6 is 11.6 Å². The number of ether oxygens (including phenoxy) is 1. The summed E-state index contributed by atoms with van der Waals surface area (Å²) in [4.78, 5) is 12.2. The monoisotopic (exact) mass is 309 g/mol. The molecule has 1 aromatic rings. The van der Waals surface area contributed by atoms with Crippen molar-refractivity contribution < 1.29 is 9.53 Å². The van der Waals surface area contributed by atoms with Gasteiger partial charge in [0.25, 0.3) is 5.91 Å². The molecular formula is C17H24ClNO2. The van der Waals surface area contributed by atoms with Crippen LogP contribution in [0.25, 0.3) is 0 Å². The molecule has 1 atom stereocenters. The van der Waals surface area contributed by atoms with Gasteiger partial charge in [0.05, 0.1) is 0 Å². The van der Waals surface area contributed by atoms with Gasteiger partial charge in [0.15, 0.2) is 6.10 Å². The molecule has 1 aromatic carbocycles. The Kier molecular flexibility index (Phi) is 6.37. The lowest BCUT2D eigenvalue weighted by Crippen LogP contribution is -2.40. The van der Waals surface area contributed by atoms with Gasteiger partial charge < -0.3 is 10.1 Å². The van der Waals surface area contributed by atoms with Gasteiger partial charge >= 0.3 is 0 Å². The Balaban J connectivity index is 1.83. The minimum atomic E-state index is -0.452. The maximum atomic E-state index is 12.2. The number of hydrogen-bond acceptors (Lipinski definition) is 2. The van der Waals surface area contributed by atoms with Crippen molar-refractivity contribution in [3.63, 3.8) is 0 Å². The third-order valence-corrected chi connectivity index (χ3v) is 4.26. The van der Waals surface area contributed by atoms with Crippen LogP contribution in [-0.2, 0) is 4.79 Å². The van der Waals surface area contributed by atoms with Gasteiger partial charge in [0, 0.05) is 11.6 Å². The zero-order valence-electron chi connectivity index (χ0n) is 12.6. The molecule has 1 fully saturated rings. The molecule has 0 aromatic heterocycles. The van der Waals surface area contributed by atoms with Crippen LogP contribution in [0.4, 0.5) is 0 Å². The first-order valence-electron chi connectivity index (χ1n) is 7.89. The summed E-state index contributed by atoms with van der Waals surface area (Å²) in [6.45, 7) is 2.73. The van der Waals surface area contributed by atoms with Crippen LogP contribution in [-0.4, -0.2) is 18.6 Å². The quantitative estimate of drug-likeness (QED) is 0.855. The van der Waals surface area contributed by atoms with E-state index in [9.17, 15) is 4.79 Å². The summed E-state index contributed by atoms with van der Waals surface area (Å²) < 4.78 is 5.75. The van der Waals surface area contributed by atoms with E-state index in [2.05, 4.69) is 5.32 Å². The van der Waals surface area contributed by atoms with Crippen molar-refractivity contribution in [2.45, 2.75) is 51.6 Å². The highest BCUT2D eigenvalue weighted by Gasteiger charge is 2.20. The Hall–Kier alpha value is -1.22. The summed E-state index contributed by atoms with van der Waals surface area (Å²) in [6, 6.07) is 7.17. The minimum absolute atomic E-state index is 0.0250. The molecule has 0 spiro atoms. The molecular weight excluding hydrogens is 286 g/mol. The second-order valence-electron chi connectivity index (χ2n) is 5.72. The Morgan fingerprint density at radius 2 is 2.14 bits per heavy atom. The second kappa shape index (κ2) is 8.28. The predicted molar refractivity (Wildman–Crippen MR) is 85.7 cm³/mol. The molecule has 2 rings (SSSR count). The van der Waals surface area contributed by atoms with Gasteiger partial charge in [-0.05, 0) is 43.4 Å². The van der Waals surface area contributed by atoms with E-state index in [4.69, 9.17) is 16.3 Å². The lowest BCUT2D eigenvalue weighted by atomic mass is 9.89. The topological polar surface area (TPSA) is 38.3 Å². The molecule has 0 radical (unpaired) electrons. The number of nitrogens with one attached hydrogen (secondary N) is 1. The fourth-order valence-corrected chi connectivity index (χ4v) is 2.96. The van der Waals surface area contributed by atoms with Gasteiger partial charge in [0.2, 0.25) is 0 Å². The molecule has 116 valence electrons. The summed E-state index contributed by atoms with van der Waals surface area (Å²) >= 11 is 5.93. The van der Waals surface area contributed by atoms with E-state index in [1.54, 1.807) is 12.1 Å². The van der Waals surface area contributed by atoms with Crippen LogP contribution in [0.15, 0.2) is 24.3 Å². The number of carbonyl (C=O) groups is 1. The van der Waals surface area contributed by atoms with Crippen LogP contribution in [0.2, 0.25) is 5.02 Å². The first-order valence-corrected chi connectivity index (χ1v) is 8.26. The molecule has 1 amide bonds. The smallest absolute Gasteiger partial charge is 0.261 e. The number of rotatable bonds is 6. The highest BCUT2D eigenvalue weighted by atomic mass is 35.5. The molecule has 0 saturated heterocycles. The molecule has 0 unspecified atom stereocenters. The standard InChI is InChI=1S/C17H24ClNO2/c1-2-16(21-15-10-6-9-14(18)11-15)17(20)19-12-13-7-4-3-5-8-13/h6,9-11,13,16H,2-5,7-8,12H2,1H3,(H,19,20)/t16-/m1/s1. The summed E-state index contributed by atoms with van der Waals surface area (Å²) in [5.74, 6) is 1.25. The second-order valence-corrected chi connectivity index (χ2v) is 6.16. The average molecular weight is 310 g/mol. The van der Waals surface area contributed by atoms with Crippen molar-refractivity contribution in [1.82, 2.24) is 5.32 Å². The maximum absolute atomic E-state index is 12.2. The Bertz CT molecular complexity index is 458. The predicted octanol–water partition coefficient (Wildman–Crippen LogP) is 4.19. The minimum Gasteiger partial charge on any atom is -0.481 e. The molecule has 0 aliphatic heterocycles. The van der Waals surface area contributed by atoms with Gasteiger partial charge in [-0.15, -0.1) is 0 Å². The van der Waals surface area contributed by atoms with Gasteiger partial charge in [0.1, 0.15) is 5.75 Å². The highest BCUT2D eigenvalue weighted by Crippen LogP contribution is 2.23. The van der Waals surface area contributed by atoms with Crippen LogP contribution in [0.1, 0.15) is 45.4 Å². The van der Waals surface area contributed by atoms with Crippen LogP contribution < -0.4 is 10.1 Å². The van der Waals surface area contributed by atoms with Crippen molar-refractivity contribution in [3.8, 4) is 5.75 Å². The highest BCUT2D eigenvalue weighted by molar-refractivity contribution is 6.30. The molecule has 1 aliphatic rings. The van der Waals surface area contributed by atoms with Crippen molar-refractivity contribution in [3.05, 3.63) is 29.3 Å². The van der Waals surface area contributed by atoms with E-state index < -0.39 is 6.10 Å². The molecule has 0 heterocycles. The van der Waals surface area contributed by atoms with Gasteiger partial charge in [-0.25, -0.2) is 0 Å². The number of carbonyl (C=O) groups excluding carboxylic acids is 1. The summed E-state index contributed by atoms with van der Waals surface area (Å²) in [6.07, 6.45) is 6.56. The Labute approximate surface area is 132 Å². The third kappa shape index (κ3) is 5.24. The van der Waals surface area contributed by atoms with Gasteiger partial charge in [-0.3, -0.25) is 4.79 Å². The maximum Gasteiger partial charge on any atom is 0.261 e. The van der Waals surface area contributed by atoms with Crippen molar-refractivity contribution >= 4 is 17.5 Å². The molecule has 3 nitrogen and oxygen atoms in total. The summed E-state index contributed by atoms with van der Waals surface area (Å²) in [7, 11) is 0. The van der Waals surface area contributed by atoms with Crippen LogP contribution in [0, 0.1) is 5.92 Å². The van der Waals surface area contributed by atoms with E-state index in [0.717, 1.165) is 6.54 Å². The SMILES string of the molecule is CC[C@@H](Oc1cccc(Cl)c1)C(=O)NCC1CCCCC1.